The molecule has 4 nitrogen and oxygen atoms in total. The van der Waals surface area contributed by atoms with Crippen LogP contribution in [0.5, 0.6) is 11.5 Å². The van der Waals surface area contributed by atoms with Gasteiger partial charge in [-0.1, -0.05) is 40.1 Å². The molecular formula is C22H30NO3P. The maximum atomic E-state index is 5.87. The Balaban J connectivity index is 2.50. The highest BCUT2D eigenvalue weighted by Gasteiger charge is 2.30. The van der Waals surface area contributed by atoms with Gasteiger partial charge in [0, 0.05) is 31.1 Å². The molecule has 0 spiro atoms. The summed E-state index contributed by atoms with van der Waals surface area (Å²) >= 11 is 0. The van der Waals surface area contributed by atoms with Crippen LogP contribution in [0.25, 0.3) is 0 Å². The van der Waals surface area contributed by atoms with Crippen LogP contribution in [0, 0.1) is 6.92 Å². The molecule has 0 heterocycles. The topological polar surface area (TPSA) is 40.0 Å². The Morgan fingerprint density at radius 2 is 1.93 bits per heavy atom. The number of hydrogen-bond acceptors (Lipinski definition) is 4. The van der Waals surface area contributed by atoms with Crippen molar-refractivity contribution in [2.45, 2.75) is 32.3 Å². The first-order valence-electron chi connectivity index (χ1n) is 9.08. The first-order chi connectivity index (χ1) is 13.0. The molecule has 0 radical (unpaired) electrons. The fourth-order valence-electron chi connectivity index (χ4n) is 3.00. The van der Waals surface area contributed by atoms with Gasteiger partial charge in [0.15, 0.2) is 6.79 Å². The molecule has 146 valence electrons. The minimum absolute atomic E-state index is 0.0940. The van der Waals surface area contributed by atoms with Crippen LogP contribution in [0.2, 0.25) is 0 Å². The summed E-state index contributed by atoms with van der Waals surface area (Å²) in [6.45, 7) is 6.83. The van der Waals surface area contributed by atoms with Crippen molar-refractivity contribution in [3.63, 3.8) is 0 Å². The smallest absolute Gasteiger partial charge is 0.188 e. The zero-order valence-corrected chi connectivity index (χ0v) is 18.1. The van der Waals surface area contributed by atoms with Gasteiger partial charge in [-0.25, -0.2) is 0 Å². The SMILES string of the molecule is CC[C@@](C)(Pc1ccc(C)cc1C=NC)c1cc(OC)ccc1OCOC. The van der Waals surface area contributed by atoms with Gasteiger partial charge < -0.3 is 14.2 Å². The molecular weight excluding hydrogens is 357 g/mol. The summed E-state index contributed by atoms with van der Waals surface area (Å²) in [5, 5.41) is 1.21. The molecule has 0 saturated carbocycles. The van der Waals surface area contributed by atoms with E-state index in [1.807, 2.05) is 25.4 Å². The van der Waals surface area contributed by atoms with Gasteiger partial charge in [-0.05, 0) is 48.5 Å². The van der Waals surface area contributed by atoms with Crippen molar-refractivity contribution in [1.82, 2.24) is 0 Å². The predicted octanol–water partition coefficient (Wildman–Crippen LogP) is 4.66. The highest BCUT2D eigenvalue weighted by Crippen LogP contribution is 2.48. The van der Waals surface area contributed by atoms with Crippen LogP contribution in [0.1, 0.15) is 37.0 Å². The minimum atomic E-state index is -0.0940. The van der Waals surface area contributed by atoms with Crippen molar-refractivity contribution in [2.75, 3.05) is 28.1 Å². The number of benzene rings is 2. The van der Waals surface area contributed by atoms with E-state index in [4.69, 9.17) is 14.2 Å². The summed E-state index contributed by atoms with van der Waals surface area (Å²) in [5.41, 5.74) is 3.56. The molecule has 27 heavy (non-hydrogen) atoms. The molecule has 1 unspecified atom stereocenters. The molecule has 2 atom stereocenters. The number of aryl methyl sites for hydroxylation is 1. The molecule has 2 rings (SSSR count). The molecule has 0 fully saturated rings. The highest BCUT2D eigenvalue weighted by atomic mass is 31.1. The van der Waals surface area contributed by atoms with Crippen molar-refractivity contribution in [3.8, 4) is 11.5 Å². The minimum Gasteiger partial charge on any atom is -0.497 e. The van der Waals surface area contributed by atoms with E-state index in [-0.39, 0.29) is 11.9 Å². The van der Waals surface area contributed by atoms with Crippen molar-refractivity contribution < 1.29 is 14.2 Å². The average molecular weight is 387 g/mol. The third-order valence-corrected chi connectivity index (χ3v) is 6.61. The van der Waals surface area contributed by atoms with Crippen molar-refractivity contribution in [3.05, 3.63) is 53.1 Å². The second-order valence-corrected chi connectivity index (χ2v) is 8.59. The van der Waals surface area contributed by atoms with E-state index in [9.17, 15) is 0 Å². The molecule has 0 aliphatic rings. The number of methoxy groups -OCH3 is 2. The van der Waals surface area contributed by atoms with E-state index < -0.39 is 0 Å². The Morgan fingerprint density at radius 3 is 2.56 bits per heavy atom. The molecule has 0 aliphatic carbocycles. The first-order valence-corrected chi connectivity index (χ1v) is 10.1. The molecule has 0 bridgehead atoms. The van der Waals surface area contributed by atoms with Gasteiger partial charge in [0.25, 0.3) is 0 Å². The molecule has 2 aromatic rings. The summed E-state index contributed by atoms with van der Waals surface area (Å²) in [6, 6.07) is 12.6. The van der Waals surface area contributed by atoms with E-state index in [1.165, 1.54) is 16.4 Å². The lowest BCUT2D eigenvalue weighted by molar-refractivity contribution is 0.0500. The normalized spacial score (nSPS) is 14.0. The van der Waals surface area contributed by atoms with E-state index in [1.54, 1.807) is 14.2 Å². The molecule has 0 saturated heterocycles. The Kier molecular flexibility index (Phi) is 7.82. The molecule has 0 N–H and O–H groups in total. The van der Waals surface area contributed by atoms with Crippen molar-refractivity contribution in [1.29, 1.82) is 0 Å². The third kappa shape index (κ3) is 5.31. The van der Waals surface area contributed by atoms with Gasteiger partial charge in [-0.15, -0.1) is 0 Å². The van der Waals surface area contributed by atoms with Crippen LogP contribution >= 0.6 is 8.58 Å². The fraction of sp³-hybridized carbons (Fsp3) is 0.409. The van der Waals surface area contributed by atoms with E-state index in [0.29, 0.717) is 8.58 Å². The first kappa shape index (κ1) is 21.4. The zero-order valence-electron chi connectivity index (χ0n) is 17.1. The Hall–Kier alpha value is -1.90. The molecule has 0 amide bonds. The van der Waals surface area contributed by atoms with Gasteiger partial charge in [-0.3, -0.25) is 4.99 Å². The number of aliphatic imine (C=N–C) groups is 1. The summed E-state index contributed by atoms with van der Waals surface area (Å²) in [7, 11) is 5.70. The van der Waals surface area contributed by atoms with Crippen LogP contribution in [0.3, 0.4) is 0 Å². The molecule has 5 heteroatoms. The van der Waals surface area contributed by atoms with Crippen molar-refractivity contribution >= 4 is 20.1 Å². The van der Waals surface area contributed by atoms with E-state index in [0.717, 1.165) is 23.5 Å². The number of rotatable bonds is 9. The second-order valence-electron chi connectivity index (χ2n) is 6.70. The summed E-state index contributed by atoms with van der Waals surface area (Å²) < 4.78 is 16.5. The lowest BCUT2D eigenvalue weighted by Gasteiger charge is -2.32. The van der Waals surface area contributed by atoms with E-state index in [2.05, 4.69) is 50.0 Å². The van der Waals surface area contributed by atoms with Crippen LogP contribution < -0.4 is 14.8 Å². The lowest BCUT2D eigenvalue weighted by Crippen LogP contribution is -2.21. The average Bonchev–Trinajstić information content (AvgIpc) is 2.68. The summed E-state index contributed by atoms with van der Waals surface area (Å²) in [5.74, 6) is 1.67. The van der Waals surface area contributed by atoms with Crippen LogP contribution in [0.15, 0.2) is 41.4 Å². The number of hydrogen-bond donors (Lipinski definition) is 0. The molecule has 0 aromatic heterocycles. The Bertz CT molecular complexity index is 791. The van der Waals surface area contributed by atoms with Crippen LogP contribution in [-0.4, -0.2) is 34.3 Å². The molecule has 2 aromatic carbocycles. The predicted molar refractivity (Wildman–Crippen MR) is 116 cm³/mol. The van der Waals surface area contributed by atoms with E-state index >= 15 is 0 Å². The summed E-state index contributed by atoms with van der Waals surface area (Å²) in [6.07, 6.45) is 2.91. The van der Waals surface area contributed by atoms with Gasteiger partial charge in [0.2, 0.25) is 0 Å². The lowest BCUT2D eigenvalue weighted by atomic mass is 9.96. The van der Waals surface area contributed by atoms with Gasteiger partial charge in [0.05, 0.1) is 7.11 Å². The fourth-order valence-corrected chi connectivity index (χ4v) is 4.55. The Morgan fingerprint density at radius 1 is 1.15 bits per heavy atom. The van der Waals surface area contributed by atoms with Crippen LogP contribution in [-0.2, 0) is 9.89 Å². The van der Waals surface area contributed by atoms with Crippen LogP contribution in [0.4, 0.5) is 0 Å². The third-order valence-electron chi connectivity index (χ3n) is 4.71. The maximum absolute atomic E-state index is 5.87. The monoisotopic (exact) mass is 387 g/mol. The maximum Gasteiger partial charge on any atom is 0.188 e. The molecule has 0 aliphatic heterocycles. The standard InChI is InChI=1S/C22H30NO3P/c1-7-22(3,27-21-11-8-16(2)12-17(21)14-23-4)19-13-18(25-6)9-10-20(19)26-15-24-5/h8-14,27H,7,15H2,1-6H3/t22-/m1/s1. The zero-order chi connectivity index (χ0) is 19.9. The quantitative estimate of drug-likeness (QED) is 0.357. The second kappa shape index (κ2) is 9.87. The largest absolute Gasteiger partial charge is 0.497 e. The van der Waals surface area contributed by atoms with Gasteiger partial charge in [-0.2, -0.15) is 0 Å². The van der Waals surface area contributed by atoms with Gasteiger partial charge >= 0.3 is 0 Å². The highest BCUT2D eigenvalue weighted by molar-refractivity contribution is 7.48. The van der Waals surface area contributed by atoms with Crippen molar-refractivity contribution in [2.24, 2.45) is 4.99 Å². The Labute approximate surface area is 164 Å². The van der Waals surface area contributed by atoms with Gasteiger partial charge in [0.1, 0.15) is 11.5 Å². The number of ether oxygens (including phenoxy) is 3. The summed E-state index contributed by atoms with van der Waals surface area (Å²) in [4.78, 5) is 4.24. The number of nitrogens with zero attached hydrogens (tertiary/aromatic N) is 1.